The fraction of sp³-hybridized carbons (Fsp3) is 0.500. The molecule has 7 heteroatoms. The molecular formula is C16H21N3O4. The van der Waals surface area contributed by atoms with E-state index in [1.165, 1.54) is 4.90 Å². The van der Waals surface area contributed by atoms with Crippen LogP contribution in [0.2, 0.25) is 0 Å². The molecule has 1 fully saturated rings. The zero-order valence-electron chi connectivity index (χ0n) is 13.2. The zero-order chi connectivity index (χ0) is 16.6. The third-order valence-corrected chi connectivity index (χ3v) is 4.27. The molecule has 1 saturated heterocycles. The SMILES string of the molecule is Cc1cccc2nc(C(=O)N(C)C[C@@H]3COC[C@@H](O)[C@H]3O)cn12. The zero-order valence-corrected chi connectivity index (χ0v) is 13.2. The molecule has 3 heterocycles. The minimum absolute atomic E-state index is 0.126. The standard InChI is InChI=1S/C16H21N3O4/c1-10-4-3-5-14-17-12(7-19(10)14)16(22)18(2)6-11-8-23-9-13(20)15(11)21/h3-5,7,11,13,15,20-21H,6,8-9H2,1-2H3/t11-,13-,15+/m1/s1. The number of fused-ring (bicyclic) bond motifs is 1. The Balaban J connectivity index is 1.74. The number of hydrogen-bond donors (Lipinski definition) is 2. The lowest BCUT2D eigenvalue weighted by molar-refractivity contribution is -0.123. The minimum Gasteiger partial charge on any atom is -0.390 e. The Kier molecular flexibility index (Phi) is 4.34. The number of imidazole rings is 1. The molecule has 0 aliphatic carbocycles. The Morgan fingerprint density at radius 1 is 1.43 bits per heavy atom. The summed E-state index contributed by atoms with van der Waals surface area (Å²) in [6, 6.07) is 5.69. The maximum absolute atomic E-state index is 12.6. The number of rotatable bonds is 3. The lowest BCUT2D eigenvalue weighted by atomic mass is 9.96. The quantitative estimate of drug-likeness (QED) is 0.837. The summed E-state index contributed by atoms with van der Waals surface area (Å²) in [5.74, 6) is -0.535. The number of hydrogen-bond acceptors (Lipinski definition) is 5. The largest absolute Gasteiger partial charge is 0.390 e. The highest BCUT2D eigenvalue weighted by Crippen LogP contribution is 2.17. The molecule has 1 amide bonds. The van der Waals surface area contributed by atoms with Crippen LogP contribution in [0.25, 0.3) is 5.65 Å². The van der Waals surface area contributed by atoms with Crippen LogP contribution in [0.15, 0.2) is 24.4 Å². The van der Waals surface area contributed by atoms with Crippen molar-refractivity contribution in [3.05, 3.63) is 35.8 Å². The molecule has 124 valence electrons. The lowest BCUT2D eigenvalue weighted by Gasteiger charge is -2.34. The van der Waals surface area contributed by atoms with E-state index >= 15 is 0 Å². The summed E-state index contributed by atoms with van der Waals surface area (Å²) < 4.78 is 7.11. The first-order valence-corrected chi connectivity index (χ1v) is 7.61. The van der Waals surface area contributed by atoms with Crippen molar-refractivity contribution in [1.29, 1.82) is 0 Å². The Bertz CT molecular complexity index is 714. The van der Waals surface area contributed by atoms with Gasteiger partial charge in [-0.15, -0.1) is 0 Å². The normalized spacial score (nSPS) is 24.8. The van der Waals surface area contributed by atoms with E-state index in [1.807, 2.05) is 29.5 Å². The second kappa shape index (κ2) is 6.27. The molecule has 7 nitrogen and oxygen atoms in total. The van der Waals surface area contributed by atoms with Gasteiger partial charge in [0.25, 0.3) is 5.91 Å². The molecule has 0 radical (unpaired) electrons. The number of nitrogens with zero attached hydrogens (tertiary/aromatic N) is 3. The number of carbonyl (C=O) groups excluding carboxylic acids is 1. The van der Waals surface area contributed by atoms with E-state index < -0.39 is 12.2 Å². The van der Waals surface area contributed by atoms with Gasteiger partial charge < -0.3 is 24.3 Å². The van der Waals surface area contributed by atoms with Crippen LogP contribution in [0.4, 0.5) is 0 Å². The fourth-order valence-electron chi connectivity index (χ4n) is 2.89. The van der Waals surface area contributed by atoms with Gasteiger partial charge in [-0.05, 0) is 19.1 Å². The van der Waals surface area contributed by atoms with Crippen molar-refractivity contribution in [1.82, 2.24) is 14.3 Å². The van der Waals surface area contributed by atoms with Crippen LogP contribution < -0.4 is 0 Å². The number of amides is 1. The molecule has 2 N–H and O–H groups in total. The molecule has 0 unspecified atom stereocenters. The highest BCUT2D eigenvalue weighted by Gasteiger charge is 2.33. The number of ether oxygens (including phenoxy) is 1. The maximum atomic E-state index is 12.6. The third kappa shape index (κ3) is 3.08. The monoisotopic (exact) mass is 319 g/mol. The van der Waals surface area contributed by atoms with Gasteiger partial charge in [-0.25, -0.2) is 4.98 Å². The van der Waals surface area contributed by atoms with Crippen molar-refractivity contribution < 1.29 is 19.7 Å². The molecule has 3 rings (SSSR count). The molecule has 2 aromatic rings. The first kappa shape index (κ1) is 15.9. The smallest absolute Gasteiger partial charge is 0.273 e. The van der Waals surface area contributed by atoms with E-state index in [4.69, 9.17) is 4.74 Å². The molecule has 3 atom stereocenters. The van der Waals surface area contributed by atoms with Crippen LogP contribution in [-0.2, 0) is 4.74 Å². The minimum atomic E-state index is -0.907. The van der Waals surface area contributed by atoms with Crippen molar-refractivity contribution in [2.45, 2.75) is 19.1 Å². The number of carbonyl (C=O) groups is 1. The van der Waals surface area contributed by atoms with Gasteiger partial charge in [-0.2, -0.15) is 0 Å². The summed E-state index contributed by atoms with van der Waals surface area (Å²) in [7, 11) is 1.66. The highest BCUT2D eigenvalue weighted by atomic mass is 16.5. The average molecular weight is 319 g/mol. The molecule has 1 aliphatic heterocycles. The first-order valence-electron chi connectivity index (χ1n) is 7.61. The molecule has 2 aromatic heterocycles. The number of aromatic nitrogens is 2. The van der Waals surface area contributed by atoms with Gasteiger partial charge in [0.1, 0.15) is 17.4 Å². The molecule has 0 spiro atoms. The average Bonchev–Trinajstić information content (AvgIpc) is 2.96. The number of aliphatic hydroxyl groups excluding tert-OH is 2. The van der Waals surface area contributed by atoms with Crippen LogP contribution >= 0.6 is 0 Å². The summed E-state index contributed by atoms with van der Waals surface area (Å²) >= 11 is 0. The maximum Gasteiger partial charge on any atom is 0.273 e. The second-order valence-electron chi connectivity index (χ2n) is 6.06. The number of aryl methyl sites for hydroxylation is 1. The molecule has 0 bridgehead atoms. The Morgan fingerprint density at radius 3 is 2.96 bits per heavy atom. The Morgan fingerprint density at radius 2 is 2.22 bits per heavy atom. The topological polar surface area (TPSA) is 87.3 Å². The van der Waals surface area contributed by atoms with E-state index in [2.05, 4.69) is 4.98 Å². The van der Waals surface area contributed by atoms with Gasteiger partial charge in [0.2, 0.25) is 0 Å². The summed E-state index contributed by atoms with van der Waals surface area (Å²) in [4.78, 5) is 18.4. The third-order valence-electron chi connectivity index (χ3n) is 4.27. The van der Waals surface area contributed by atoms with Crippen molar-refractivity contribution in [3.8, 4) is 0 Å². The predicted octanol–water partition coefficient (Wildman–Crippen LogP) is 0.0829. The van der Waals surface area contributed by atoms with Crippen LogP contribution in [-0.4, -0.2) is 69.4 Å². The van der Waals surface area contributed by atoms with Crippen molar-refractivity contribution in [2.75, 3.05) is 26.8 Å². The summed E-state index contributed by atoms with van der Waals surface area (Å²) in [6.07, 6.45) is -0.0796. The Hall–Kier alpha value is -1.96. The van der Waals surface area contributed by atoms with Gasteiger partial charge in [-0.1, -0.05) is 6.07 Å². The van der Waals surface area contributed by atoms with E-state index in [9.17, 15) is 15.0 Å². The van der Waals surface area contributed by atoms with E-state index in [-0.39, 0.29) is 18.4 Å². The van der Waals surface area contributed by atoms with Crippen LogP contribution in [0.5, 0.6) is 0 Å². The van der Waals surface area contributed by atoms with E-state index in [0.717, 1.165) is 11.3 Å². The highest BCUT2D eigenvalue weighted by molar-refractivity contribution is 5.92. The van der Waals surface area contributed by atoms with Gasteiger partial charge in [0.05, 0.1) is 19.3 Å². The van der Waals surface area contributed by atoms with E-state index in [0.29, 0.717) is 18.8 Å². The van der Waals surface area contributed by atoms with Gasteiger partial charge in [0, 0.05) is 31.4 Å². The van der Waals surface area contributed by atoms with Gasteiger partial charge >= 0.3 is 0 Å². The summed E-state index contributed by atoms with van der Waals surface area (Å²) in [5, 5.41) is 19.7. The van der Waals surface area contributed by atoms with Gasteiger partial charge in [0.15, 0.2) is 0 Å². The molecule has 0 aromatic carbocycles. The molecular weight excluding hydrogens is 298 g/mol. The number of pyridine rings is 1. The van der Waals surface area contributed by atoms with Crippen molar-refractivity contribution in [2.24, 2.45) is 5.92 Å². The molecule has 0 saturated carbocycles. The van der Waals surface area contributed by atoms with Crippen molar-refractivity contribution >= 4 is 11.6 Å². The molecule has 1 aliphatic rings. The van der Waals surface area contributed by atoms with Crippen LogP contribution in [0.1, 0.15) is 16.2 Å². The lowest BCUT2D eigenvalue weighted by Crippen LogP contribution is -2.48. The Labute approximate surface area is 134 Å². The number of aliphatic hydroxyl groups is 2. The summed E-state index contributed by atoms with van der Waals surface area (Å²) in [5.41, 5.74) is 2.07. The summed E-state index contributed by atoms with van der Waals surface area (Å²) in [6.45, 7) is 2.69. The van der Waals surface area contributed by atoms with E-state index in [1.54, 1.807) is 13.2 Å². The van der Waals surface area contributed by atoms with Crippen LogP contribution in [0.3, 0.4) is 0 Å². The van der Waals surface area contributed by atoms with Crippen molar-refractivity contribution in [3.63, 3.8) is 0 Å². The molecule has 23 heavy (non-hydrogen) atoms. The van der Waals surface area contributed by atoms with Gasteiger partial charge in [-0.3, -0.25) is 4.79 Å². The second-order valence-corrected chi connectivity index (χ2v) is 6.06. The predicted molar refractivity (Wildman–Crippen MR) is 83.2 cm³/mol. The fourth-order valence-corrected chi connectivity index (χ4v) is 2.89. The van der Waals surface area contributed by atoms with Crippen LogP contribution in [0, 0.1) is 12.8 Å². The first-order chi connectivity index (χ1) is 11.0.